The van der Waals surface area contributed by atoms with Gasteiger partial charge in [0.2, 0.25) is 0 Å². The van der Waals surface area contributed by atoms with E-state index in [0.717, 1.165) is 29.8 Å². The van der Waals surface area contributed by atoms with Crippen LogP contribution < -0.4 is 0 Å². The predicted octanol–water partition coefficient (Wildman–Crippen LogP) is 4.45. The van der Waals surface area contributed by atoms with Gasteiger partial charge in [0.1, 0.15) is 0 Å². The average Bonchev–Trinajstić information content (AvgIpc) is 2.53. The fourth-order valence-electron chi connectivity index (χ4n) is 2.88. The minimum Gasteiger partial charge on any atom is -0.343 e. The Morgan fingerprint density at radius 3 is 2.44 bits per heavy atom. The molecule has 0 aliphatic heterocycles. The second-order valence-electron chi connectivity index (χ2n) is 5.66. The van der Waals surface area contributed by atoms with E-state index < -0.39 is 5.38 Å². The van der Waals surface area contributed by atoms with E-state index in [1.165, 1.54) is 0 Å². The third-order valence-corrected chi connectivity index (χ3v) is 3.72. The van der Waals surface area contributed by atoms with Crippen molar-refractivity contribution in [3.63, 3.8) is 0 Å². The predicted molar refractivity (Wildman–Crippen MR) is 77.8 cm³/mol. The molecule has 0 saturated carbocycles. The van der Waals surface area contributed by atoms with Crippen molar-refractivity contribution in [1.29, 1.82) is 0 Å². The van der Waals surface area contributed by atoms with Gasteiger partial charge >= 0.3 is 0 Å². The summed E-state index contributed by atoms with van der Waals surface area (Å²) in [7, 11) is 0. The third kappa shape index (κ3) is 2.80. The first-order valence-corrected chi connectivity index (χ1v) is 7.03. The highest BCUT2D eigenvalue weighted by atomic mass is 35.5. The SMILES string of the molecule is CCCC(C)(C)n1c(C)cc(C(=O)C(C)Cl)c1C. The van der Waals surface area contributed by atoms with Crippen molar-refractivity contribution in [3.05, 3.63) is 23.0 Å². The van der Waals surface area contributed by atoms with Gasteiger partial charge in [0.05, 0.1) is 5.38 Å². The van der Waals surface area contributed by atoms with E-state index in [9.17, 15) is 4.79 Å². The standard InChI is InChI=1S/C15H24ClNO/c1-7-8-15(5,6)17-10(2)9-13(12(17)4)14(18)11(3)16/h9,11H,7-8H2,1-6H3. The van der Waals surface area contributed by atoms with Crippen LogP contribution in [-0.4, -0.2) is 15.7 Å². The maximum atomic E-state index is 12.1. The van der Waals surface area contributed by atoms with Crippen LogP contribution in [-0.2, 0) is 5.54 Å². The van der Waals surface area contributed by atoms with Crippen molar-refractivity contribution >= 4 is 17.4 Å². The molecule has 0 saturated heterocycles. The van der Waals surface area contributed by atoms with Gasteiger partial charge in [0.15, 0.2) is 5.78 Å². The summed E-state index contributed by atoms with van der Waals surface area (Å²) in [6.07, 6.45) is 2.21. The van der Waals surface area contributed by atoms with E-state index >= 15 is 0 Å². The number of hydrogen-bond acceptors (Lipinski definition) is 1. The number of aromatic nitrogens is 1. The van der Waals surface area contributed by atoms with E-state index in [0.29, 0.717) is 0 Å². The van der Waals surface area contributed by atoms with E-state index in [1.54, 1.807) is 6.92 Å². The lowest BCUT2D eigenvalue weighted by Crippen LogP contribution is -2.28. The fraction of sp³-hybridized carbons (Fsp3) is 0.667. The molecule has 1 heterocycles. The Hall–Kier alpha value is -0.760. The zero-order chi connectivity index (χ0) is 14.1. The van der Waals surface area contributed by atoms with Gasteiger partial charge in [-0.25, -0.2) is 0 Å². The van der Waals surface area contributed by atoms with Crippen LogP contribution in [0.15, 0.2) is 6.07 Å². The Kier molecular flexibility index (Phi) is 4.66. The number of carbonyl (C=O) groups excluding carboxylic acids is 1. The number of nitrogens with zero attached hydrogens (tertiary/aromatic N) is 1. The molecule has 0 fully saturated rings. The van der Waals surface area contributed by atoms with Crippen LogP contribution in [0.4, 0.5) is 0 Å². The highest BCUT2D eigenvalue weighted by Crippen LogP contribution is 2.29. The Balaban J connectivity index is 3.28. The lowest BCUT2D eigenvalue weighted by molar-refractivity contribution is 0.0991. The van der Waals surface area contributed by atoms with E-state index in [1.807, 2.05) is 13.0 Å². The van der Waals surface area contributed by atoms with Gasteiger partial charge in [-0.1, -0.05) is 13.3 Å². The number of carbonyl (C=O) groups is 1. The van der Waals surface area contributed by atoms with Gasteiger partial charge in [-0.15, -0.1) is 11.6 Å². The van der Waals surface area contributed by atoms with Gasteiger partial charge in [0.25, 0.3) is 0 Å². The van der Waals surface area contributed by atoms with E-state index in [-0.39, 0.29) is 11.3 Å². The summed E-state index contributed by atoms with van der Waals surface area (Å²) in [5.74, 6) is 0.0170. The Morgan fingerprint density at radius 2 is 2.00 bits per heavy atom. The molecule has 3 heteroatoms. The minimum atomic E-state index is -0.465. The van der Waals surface area contributed by atoms with E-state index in [4.69, 9.17) is 11.6 Å². The molecule has 1 rings (SSSR count). The number of hydrogen-bond donors (Lipinski definition) is 0. The molecule has 2 nitrogen and oxygen atoms in total. The molecule has 1 aromatic heterocycles. The average molecular weight is 270 g/mol. The van der Waals surface area contributed by atoms with Crippen LogP contribution in [0.1, 0.15) is 62.3 Å². The van der Waals surface area contributed by atoms with Crippen molar-refractivity contribution in [2.75, 3.05) is 0 Å². The maximum absolute atomic E-state index is 12.1. The topological polar surface area (TPSA) is 22.0 Å². The van der Waals surface area contributed by atoms with Gasteiger partial charge in [-0.05, 0) is 47.1 Å². The van der Waals surface area contributed by atoms with Gasteiger partial charge in [-0.3, -0.25) is 4.79 Å². The van der Waals surface area contributed by atoms with Gasteiger partial charge < -0.3 is 4.57 Å². The quantitative estimate of drug-likeness (QED) is 0.572. The number of rotatable bonds is 5. The molecule has 0 amide bonds. The largest absolute Gasteiger partial charge is 0.343 e. The van der Waals surface area contributed by atoms with Crippen molar-refractivity contribution in [2.45, 2.75) is 65.3 Å². The summed E-state index contributed by atoms with van der Waals surface area (Å²) >= 11 is 5.91. The fourth-order valence-corrected chi connectivity index (χ4v) is 3.00. The molecule has 0 aromatic carbocycles. The minimum absolute atomic E-state index is 0.0170. The normalized spacial score (nSPS) is 13.7. The molecular weight excluding hydrogens is 246 g/mol. The van der Waals surface area contributed by atoms with Crippen molar-refractivity contribution in [2.24, 2.45) is 0 Å². The summed E-state index contributed by atoms with van der Waals surface area (Å²) in [6, 6.07) is 1.97. The second kappa shape index (κ2) is 5.48. The molecule has 0 radical (unpaired) electrons. The molecular formula is C15H24ClNO. The molecule has 1 aromatic rings. The van der Waals surface area contributed by atoms with Gasteiger partial charge in [-0.2, -0.15) is 0 Å². The third-order valence-electron chi connectivity index (χ3n) is 3.53. The molecule has 18 heavy (non-hydrogen) atoms. The second-order valence-corrected chi connectivity index (χ2v) is 6.32. The first-order chi connectivity index (χ1) is 8.22. The number of halogens is 1. The molecule has 1 unspecified atom stereocenters. The lowest BCUT2D eigenvalue weighted by atomic mass is 9.97. The number of Topliss-reactive ketones (excluding diaryl/α,β-unsaturated/α-hetero) is 1. The Morgan fingerprint density at radius 1 is 1.44 bits per heavy atom. The van der Waals surface area contributed by atoms with Crippen LogP contribution in [0.25, 0.3) is 0 Å². The number of ketones is 1. The first kappa shape index (κ1) is 15.3. The van der Waals surface area contributed by atoms with Crippen molar-refractivity contribution < 1.29 is 4.79 Å². The summed E-state index contributed by atoms with van der Waals surface area (Å²) in [6.45, 7) is 12.4. The number of alkyl halides is 1. The molecule has 1 atom stereocenters. The Bertz CT molecular complexity index is 444. The zero-order valence-electron chi connectivity index (χ0n) is 12.3. The smallest absolute Gasteiger partial charge is 0.182 e. The summed E-state index contributed by atoms with van der Waals surface area (Å²) in [5.41, 5.74) is 2.96. The van der Waals surface area contributed by atoms with Crippen LogP contribution in [0.5, 0.6) is 0 Å². The monoisotopic (exact) mass is 269 g/mol. The summed E-state index contributed by atoms with van der Waals surface area (Å²) < 4.78 is 2.27. The van der Waals surface area contributed by atoms with Crippen LogP contribution in [0, 0.1) is 13.8 Å². The molecule has 0 aliphatic carbocycles. The van der Waals surface area contributed by atoms with E-state index in [2.05, 4.69) is 32.3 Å². The zero-order valence-corrected chi connectivity index (χ0v) is 13.1. The first-order valence-electron chi connectivity index (χ1n) is 6.60. The van der Waals surface area contributed by atoms with Crippen molar-refractivity contribution in [1.82, 2.24) is 4.57 Å². The van der Waals surface area contributed by atoms with Crippen molar-refractivity contribution in [3.8, 4) is 0 Å². The highest BCUT2D eigenvalue weighted by Gasteiger charge is 2.26. The van der Waals surface area contributed by atoms with Crippen LogP contribution in [0.3, 0.4) is 0 Å². The number of aryl methyl sites for hydroxylation is 1. The Labute approximate surface area is 115 Å². The summed E-state index contributed by atoms with van der Waals surface area (Å²) in [4.78, 5) is 12.1. The summed E-state index contributed by atoms with van der Waals surface area (Å²) in [5, 5.41) is -0.465. The van der Waals surface area contributed by atoms with Crippen LogP contribution >= 0.6 is 11.6 Å². The molecule has 0 aliphatic rings. The maximum Gasteiger partial charge on any atom is 0.182 e. The highest BCUT2D eigenvalue weighted by molar-refractivity contribution is 6.33. The molecule has 0 N–H and O–H groups in total. The molecule has 0 spiro atoms. The van der Waals surface area contributed by atoms with Gasteiger partial charge in [0, 0.05) is 22.5 Å². The van der Waals surface area contributed by atoms with Crippen LogP contribution in [0.2, 0.25) is 0 Å². The lowest BCUT2D eigenvalue weighted by Gasteiger charge is -2.30. The molecule has 102 valence electrons. The molecule has 0 bridgehead atoms.